The van der Waals surface area contributed by atoms with E-state index in [1.165, 1.54) is 30.7 Å². The standard InChI is InChI=1S/C19H22N4OS/c1-2-10-23-11-4-7-14(23)15-8-9-16(25-15)19-21-13-6-3-5-12(18(20)24)17(13)22-19/h3,5-6,8-9,14H,2,4,7,10-11H2,1H3,(H2,20,24)(H,21,22). The van der Waals surface area contributed by atoms with Gasteiger partial charge in [0.2, 0.25) is 0 Å². The summed E-state index contributed by atoms with van der Waals surface area (Å²) < 4.78 is 0. The van der Waals surface area contributed by atoms with Crippen molar-refractivity contribution in [1.29, 1.82) is 0 Å². The van der Waals surface area contributed by atoms with Gasteiger partial charge in [-0.15, -0.1) is 11.3 Å². The molecule has 3 N–H and O–H groups in total. The number of H-pyrrole nitrogens is 1. The zero-order valence-electron chi connectivity index (χ0n) is 14.3. The van der Waals surface area contributed by atoms with Gasteiger partial charge in [-0.25, -0.2) is 4.98 Å². The van der Waals surface area contributed by atoms with Crippen LogP contribution in [0.25, 0.3) is 21.7 Å². The maximum absolute atomic E-state index is 11.6. The van der Waals surface area contributed by atoms with Crippen LogP contribution in [0.4, 0.5) is 0 Å². The Morgan fingerprint density at radius 2 is 2.28 bits per heavy atom. The van der Waals surface area contributed by atoms with E-state index in [4.69, 9.17) is 5.73 Å². The maximum Gasteiger partial charge on any atom is 0.250 e. The van der Waals surface area contributed by atoms with E-state index >= 15 is 0 Å². The molecular formula is C19H22N4OS. The van der Waals surface area contributed by atoms with Gasteiger partial charge in [0.1, 0.15) is 11.3 Å². The smallest absolute Gasteiger partial charge is 0.250 e. The van der Waals surface area contributed by atoms with Crippen molar-refractivity contribution in [1.82, 2.24) is 14.9 Å². The van der Waals surface area contributed by atoms with Gasteiger partial charge in [-0.2, -0.15) is 0 Å². The lowest BCUT2D eigenvalue weighted by atomic mass is 10.2. The summed E-state index contributed by atoms with van der Waals surface area (Å²) in [5, 5.41) is 0. The summed E-state index contributed by atoms with van der Waals surface area (Å²) in [7, 11) is 0. The lowest BCUT2D eigenvalue weighted by Crippen LogP contribution is -2.23. The Kier molecular flexibility index (Phi) is 4.31. The van der Waals surface area contributed by atoms with Crippen LogP contribution in [-0.2, 0) is 0 Å². The number of amides is 1. The highest BCUT2D eigenvalue weighted by atomic mass is 32.1. The van der Waals surface area contributed by atoms with Gasteiger partial charge >= 0.3 is 0 Å². The monoisotopic (exact) mass is 354 g/mol. The highest BCUT2D eigenvalue weighted by molar-refractivity contribution is 7.15. The van der Waals surface area contributed by atoms with Gasteiger partial charge in [-0.05, 0) is 56.6 Å². The number of benzene rings is 1. The SMILES string of the molecule is CCCN1CCCC1c1ccc(-c2nc3c(C(N)=O)cccc3[nH]2)s1. The quantitative estimate of drug-likeness (QED) is 0.729. The molecule has 3 aromatic rings. The second-order valence-electron chi connectivity index (χ2n) is 6.55. The normalized spacial score (nSPS) is 18.2. The molecule has 4 rings (SSSR count). The van der Waals surface area contributed by atoms with Crippen molar-refractivity contribution < 1.29 is 4.79 Å². The number of primary amides is 1. The first kappa shape index (κ1) is 16.3. The molecule has 25 heavy (non-hydrogen) atoms. The Bertz CT molecular complexity index is 913. The lowest BCUT2D eigenvalue weighted by molar-refractivity contribution is 0.100. The fourth-order valence-electron chi connectivity index (χ4n) is 3.71. The molecule has 1 aromatic carbocycles. The van der Waals surface area contributed by atoms with Gasteiger partial charge in [-0.3, -0.25) is 9.69 Å². The van der Waals surface area contributed by atoms with Gasteiger partial charge in [0.25, 0.3) is 5.91 Å². The van der Waals surface area contributed by atoms with Crippen molar-refractivity contribution in [2.24, 2.45) is 5.73 Å². The van der Waals surface area contributed by atoms with E-state index in [1.54, 1.807) is 17.4 Å². The van der Waals surface area contributed by atoms with Crippen molar-refractivity contribution >= 4 is 28.3 Å². The highest BCUT2D eigenvalue weighted by Gasteiger charge is 2.26. The summed E-state index contributed by atoms with van der Waals surface area (Å²) in [5.41, 5.74) is 7.41. The number of aromatic amines is 1. The summed E-state index contributed by atoms with van der Waals surface area (Å²) in [6, 6.07) is 10.4. The minimum Gasteiger partial charge on any atom is -0.366 e. The van der Waals surface area contributed by atoms with Crippen LogP contribution >= 0.6 is 11.3 Å². The molecule has 1 fully saturated rings. The van der Waals surface area contributed by atoms with E-state index in [-0.39, 0.29) is 0 Å². The molecule has 130 valence electrons. The number of hydrogen-bond donors (Lipinski definition) is 2. The van der Waals surface area contributed by atoms with E-state index in [2.05, 4.69) is 33.9 Å². The van der Waals surface area contributed by atoms with Crippen molar-refractivity contribution in [3.8, 4) is 10.7 Å². The molecule has 1 atom stereocenters. The Balaban J connectivity index is 1.67. The number of nitrogens with zero attached hydrogens (tertiary/aromatic N) is 2. The first-order valence-corrected chi connectivity index (χ1v) is 9.61. The van der Waals surface area contributed by atoms with Crippen molar-refractivity contribution in [3.05, 3.63) is 40.8 Å². The van der Waals surface area contributed by atoms with E-state index in [0.29, 0.717) is 17.1 Å². The minimum absolute atomic E-state index is 0.448. The van der Waals surface area contributed by atoms with Gasteiger partial charge in [0, 0.05) is 10.9 Å². The Labute approximate surface area is 150 Å². The number of likely N-dealkylation sites (tertiary alicyclic amines) is 1. The van der Waals surface area contributed by atoms with Crippen LogP contribution in [0.1, 0.15) is 47.5 Å². The second-order valence-corrected chi connectivity index (χ2v) is 7.66. The zero-order chi connectivity index (χ0) is 17.4. The molecule has 0 saturated carbocycles. The molecule has 1 amide bonds. The molecule has 0 aliphatic carbocycles. The van der Waals surface area contributed by atoms with Crippen LogP contribution in [0.5, 0.6) is 0 Å². The minimum atomic E-state index is -0.448. The number of fused-ring (bicyclic) bond motifs is 1. The van der Waals surface area contributed by atoms with E-state index < -0.39 is 5.91 Å². The molecule has 0 radical (unpaired) electrons. The second kappa shape index (κ2) is 6.61. The Morgan fingerprint density at radius 3 is 3.08 bits per heavy atom. The third-order valence-electron chi connectivity index (χ3n) is 4.84. The predicted octanol–water partition coefficient (Wildman–Crippen LogP) is 3.94. The zero-order valence-corrected chi connectivity index (χ0v) is 15.1. The number of rotatable bonds is 5. The number of carbonyl (C=O) groups excluding carboxylic acids is 1. The average Bonchev–Trinajstić information content (AvgIpc) is 3.32. The molecule has 5 nitrogen and oxygen atoms in total. The largest absolute Gasteiger partial charge is 0.366 e. The molecule has 3 heterocycles. The van der Waals surface area contributed by atoms with Gasteiger partial charge in [0.15, 0.2) is 0 Å². The lowest BCUT2D eigenvalue weighted by Gasteiger charge is -2.22. The first-order valence-electron chi connectivity index (χ1n) is 8.80. The number of carbonyl (C=O) groups is 1. The van der Waals surface area contributed by atoms with Crippen LogP contribution in [0, 0.1) is 0 Å². The van der Waals surface area contributed by atoms with Crippen molar-refractivity contribution in [3.63, 3.8) is 0 Å². The molecule has 1 unspecified atom stereocenters. The summed E-state index contributed by atoms with van der Waals surface area (Å²) in [5.74, 6) is 0.358. The summed E-state index contributed by atoms with van der Waals surface area (Å²) in [6.07, 6.45) is 3.69. The molecule has 1 aliphatic rings. The van der Waals surface area contributed by atoms with E-state index in [1.807, 2.05) is 12.1 Å². The van der Waals surface area contributed by atoms with E-state index in [9.17, 15) is 4.79 Å². The average molecular weight is 354 g/mol. The molecule has 6 heteroatoms. The topological polar surface area (TPSA) is 75.0 Å². The van der Waals surface area contributed by atoms with Crippen molar-refractivity contribution in [2.75, 3.05) is 13.1 Å². The summed E-state index contributed by atoms with van der Waals surface area (Å²) in [4.78, 5) is 24.7. The number of hydrogen-bond acceptors (Lipinski definition) is 4. The third kappa shape index (κ3) is 2.96. The van der Waals surface area contributed by atoms with Crippen LogP contribution in [0.2, 0.25) is 0 Å². The number of thiophene rings is 1. The number of aromatic nitrogens is 2. The molecule has 1 saturated heterocycles. The predicted molar refractivity (Wildman–Crippen MR) is 102 cm³/mol. The van der Waals surface area contributed by atoms with Gasteiger partial charge in [0.05, 0.1) is 16.0 Å². The summed E-state index contributed by atoms with van der Waals surface area (Å²) >= 11 is 1.79. The van der Waals surface area contributed by atoms with Crippen LogP contribution in [0.3, 0.4) is 0 Å². The fraction of sp³-hybridized carbons (Fsp3) is 0.368. The highest BCUT2D eigenvalue weighted by Crippen LogP contribution is 2.38. The van der Waals surface area contributed by atoms with Crippen LogP contribution in [0.15, 0.2) is 30.3 Å². The molecule has 0 bridgehead atoms. The fourth-order valence-corrected chi connectivity index (χ4v) is 4.83. The third-order valence-corrected chi connectivity index (χ3v) is 6.03. The first-order chi connectivity index (χ1) is 12.2. The van der Waals surface area contributed by atoms with Crippen LogP contribution in [-0.4, -0.2) is 33.9 Å². The summed E-state index contributed by atoms with van der Waals surface area (Å²) in [6.45, 7) is 4.59. The molecular weight excluding hydrogens is 332 g/mol. The molecule has 2 aromatic heterocycles. The number of para-hydroxylation sites is 1. The van der Waals surface area contributed by atoms with Crippen LogP contribution < -0.4 is 5.73 Å². The number of imidazole rings is 1. The maximum atomic E-state index is 11.6. The molecule has 0 spiro atoms. The number of nitrogens with one attached hydrogen (secondary N) is 1. The van der Waals surface area contributed by atoms with Crippen molar-refractivity contribution in [2.45, 2.75) is 32.2 Å². The van der Waals surface area contributed by atoms with E-state index in [0.717, 1.165) is 22.8 Å². The van der Waals surface area contributed by atoms with Gasteiger partial charge in [-0.1, -0.05) is 13.0 Å². The Hall–Kier alpha value is -2.18. The Morgan fingerprint density at radius 1 is 1.40 bits per heavy atom. The van der Waals surface area contributed by atoms with Gasteiger partial charge < -0.3 is 10.7 Å². The molecule has 1 aliphatic heterocycles. The number of nitrogens with two attached hydrogens (primary N) is 1.